The van der Waals surface area contributed by atoms with Gasteiger partial charge in [0.25, 0.3) is 0 Å². The highest BCUT2D eigenvalue weighted by molar-refractivity contribution is 9.10. The van der Waals surface area contributed by atoms with E-state index < -0.39 is 11.9 Å². The summed E-state index contributed by atoms with van der Waals surface area (Å²) in [5.74, 6) is -1.02. The van der Waals surface area contributed by atoms with Crippen LogP contribution in [0.2, 0.25) is 5.02 Å². The van der Waals surface area contributed by atoms with E-state index in [4.69, 9.17) is 21.1 Å². The van der Waals surface area contributed by atoms with Crippen molar-refractivity contribution in [1.29, 1.82) is 0 Å². The number of hydrogen-bond acceptors (Lipinski definition) is 4. The molecule has 0 aliphatic carbocycles. The van der Waals surface area contributed by atoms with Crippen molar-refractivity contribution in [3.8, 4) is 11.5 Å². The van der Waals surface area contributed by atoms with Crippen LogP contribution in [-0.4, -0.2) is 23.6 Å². The lowest BCUT2D eigenvalue weighted by Gasteiger charge is -2.15. The number of nitrogens with one attached hydrogen (secondary N) is 1. The molecule has 1 amide bonds. The number of carbonyl (C=O) groups excluding carboxylic acids is 1. The largest absolute Gasteiger partial charge is 0.490 e. The molecule has 8 heteroatoms. The molecule has 0 radical (unpaired) electrons. The van der Waals surface area contributed by atoms with Crippen molar-refractivity contribution in [2.24, 2.45) is 0 Å². The lowest BCUT2D eigenvalue weighted by atomic mass is 10.1. The molecule has 0 saturated carbocycles. The van der Waals surface area contributed by atoms with Crippen LogP contribution in [-0.2, 0) is 16.2 Å². The van der Waals surface area contributed by atoms with Gasteiger partial charge in [0.1, 0.15) is 12.3 Å². The van der Waals surface area contributed by atoms with E-state index in [1.807, 2.05) is 31.2 Å². The summed E-state index contributed by atoms with van der Waals surface area (Å²) in [6.07, 6.45) is 1.30. The fraction of sp³-hybridized carbons (Fsp3) is 0.200. The summed E-state index contributed by atoms with van der Waals surface area (Å²) in [4.78, 5) is 22.5. The van der Waals surface area contributed by atoms with Gasteiger partial charge in [-0.05, 0) is 36.8 Å². The van der Waals surface area contributed by atoms with E-state index in [1.54, 1.807) is 12.1 Å². The zero-order valence-electron chi connectivity index (χ0n) is 15.3. The van der Waals surface area contributed by atoms with E-state index in [1.165, 1.54) is 13.0 Å². The van der Waals surface area contributed by atoms with E-state index >= 15 is 0 Å². The van der Waals surface area contributed by atoms with E-state index in [0.717, 1.165) is 10.0 Å². The minimum Gasteiger partial charge on any atom is -0.490 e. The molecule has 148 valence electrons. The zero-order valence-corrected chi connectivity index (χ0v) is 17.6. The molecule has 0 heterocycles. The third-order valence-corrected chi connectivity index (χ3v) is 4.57. The van der Waals surface area contributed by atoms with Crippen LogP contribution in [0, 0.1) is 0 Å². The highest BCUT2D eigenvalue weighted by atomic mass is 79.9. The summed E-state index contributed by atoms with van der Waals surface area (Å²) in [7, 11) is 0. The van der Waals surface area contributed by atoms with Crippen molar-refractivity contribution in [3.63, 3.8) is 0 Å². The second kappa shape index (κ2) is 10.1. The maximum atomic E-state index is 11.3. The lowest BCUT2D eigenvalue weighted by molar-refractivity contribution is -0.134. The molecule has 0 fully saturated rings. The van der Waals surface area contributed by atoms with Crippen molar-refractivity contribution < 1.29 is 24.2 Å². The Kier molecular flexibility index (Phi) is 7.90. The summed E-state index contributed by atoms with van der Waals surface area (Å²) < 4.78 is 12.4. The number of carbonyl (C=O) groups is 2. The maximum absolute atomic E-state index is 11.3. The van der Waals surface area contributed by atoms with Crippen LogP contribution in [0.3, 0.4) is 0 Å². The second-order valence-corrected chi connectivity index (χ2v) is 6.95. The Balaban J connectivity index is 2.36. The SMILES string of the molecule is CCOc1cc(C=C(NC(C)=O)C(=O)O)cc(Cl)c1OCc1ccccc1Br. The molecule has 0 bridgehead atoms. The number of hydrogen-bond donors (Lipinski definition) is 2. The van der Waals surface area contributed by atoms with Gasteiger partial charge in [0.2, 0.25) is 5.91 Å². The fourth-order valence-corrected chi connectivity index (χ4v) is 3.02. The molecule has 0 aliphatic rings. The predicted octanol–water partition coefficient (Wildman–Crippen LogP) is 4.64. The Morgan fingerprint density at radius 3 is 2.57 bits per heavy atom. The minimum atomic E-state index is -1.27. The van der Waals surface area contributed by atoms with Crippen molar-refractivity contribution >= 4 is 45.5 Å². The smallest absolute Gasteiger partial charge is 0.352 e. The topological polar surface area (TPSA) is 84.9 Å². The summed E-state index contributed by atoms with van der Waals surface area (Å²) >= 11 is 9.83. The number of aliphatic carboxylic acids is 1. The summed E-state index contributed by atoms with van der Waals surface area (Å²) in [6, 6.07) is 10.8. The molecular weight excluding hydrogens is 450 g/mol. The lowest BCUT2D eigenvalue weighted by Crippen LogP contribution is -2.24. The Labute approximate surface area is 176 Å². The number of benzene rings is 2. The van der Waals surface area contributed by atoms with Crippen molar-refractivity contribution in [2.45, 2.75) is 20.5 Å². The summed E-state index contributed by atoms with van der Waals surface area (Å²) in [5.41, 5.74) is 1.12. The van der Waals surface area contributed by atoms with Gasteiger partial charge < -0.3 is 19.9 Å². The van der Waals surface area contributed by atoms with Crippen LogP contribution >= 0.6 is 27.5 Å². The molecule has 2 aromatic carbocycles. The quantitative estimate of drug-likeness (QED) is 0.551. The number of carboxylic acids is 1. The summed E-state index contributed by atoms with van der Waals surface area (Å²) in [6.45, 7) is 3.68. The van der Waals surface area contributed by atoms with Gasteiger partial charge in [-0.1, -0.05) is 45.7 Å². The van der Waals surface area contributed by atoms with Gasteiger partial charge in [-0.25, -0.2) is 4.79 Å². The first-order valence-corrected chi connectivity index (χ1v) is 9.54. The number of carboxylic acid groups (broad SMARTS) is 1. The molecule has 0 spiro atoms. The Morgan fingerprint density at radius 1 is 1.25 bits per heavy atom. The highest BCUT2D eigenvalue weighted by Crippen LogP contribution is 2.38. The van der Waals surface area contributed by atoms with Crippen LogP contribution in [0.25, 0.3) is 6.08 Å². The van der Waals surface area contributed by atoms with E-state index in [0.29, 0.717) is 23.7 Å². The molecule has 0 aromatic heterocycles. The van der Waals surface area contributed by atoms with E-state index in [-0.39, 0.29) is 17.3 Å². The van der Waals surface area contributed by atoms with Crippen LogP contribution in [0.5, 0.6) is 11.5 Å². The highest BCUT2D eigenvalue weighted by Gasteiger charge is 2.15. The van der Waals surface area contributed by atoms with Gasteiger partial charge in [0.15, 0.2) is 11.5 Å². The van der Waals surface area contributed by atoms with Gasteiger partial charge in [0, 0.05) is 17.0 Å². The molecule has 0 unspecified atom stereocenters. The predicted molar refractivity (Wildman–Crippen MR) is 111 cm³/mol. The molecule has 6 nitrogen and oxygen atoms in total. The third-order valence-electron chi connectivity index (χ3n) is 3.51. The van der Waals surface area contributed by atoms with Gasteiger partial charge in [-0.15, -0.1) is 0 Å². The maximum Gasteiger partial charge on any atom is 0.352 e. The van der Waals surface area contributed by atoms with Crippen molar-refractivity contribution in [3.05, 3.63) is 62.7 Å². The molecule has 2 aromatic rings. The molecule has 0 atom stereocenters. The van der Waals surface area contributed by atoms with Crippen molar-refractivity contribution in [1.82, 2.24) is 5.32 Å². The number of amides is 1. The van der Waals surface area contributed by atoms with Crippen molar-refractivity contribution in [2.75, 3.05) is 6.61 Å². The standard InChI is InChI=1S/C20H19BrClNO5/c1-3-27-18-10-13(9-17(20(25)26)23-12(2)24)8-16(22)19(18)28-11-14-6-4-5-7-15(14)21/h4-10H,3,11H2,1-2H3,(H,23,24)(H,25,26). The van der Waals surface area contributed by atoms with E-state index in [9.17, 15) is 14.7 Å². The average Bonchev–Trinajstić information content (AvgIpc) is 2.61. The van der Waals surface area contributed by atoms with Crippen LogP contribution in [0.1, 0.15) is 25.0 Å². The average molecular weight is 469 g/mol. The Morgan fingerprint density at radius 2 is 1.96 bits per heavy atom. The monoisotopic (exact) mass is 467 g/mol. The first kappa shape index (κ1) is 21.8. The third kappa shape index (κ3) is 6.00. The summed E-state index contributed by atoms with van der Waals surface area (Å²) in [5, 5.41) is 11.8. The molecule has 2 N–H and O–H groups in total. The zero-order chi connectivity index (χ0) is 20.7. The second-order valence-electron chi connectivity index (χ2n) is 5.69. The van der Waals surface area contributed by atoms with Gasteiger partial charge in [0.05, 0.1) is 11.6 Å². The Bertz CT molecular complexity index is 913. The molecule has 2 rings (SSSR count). The molecule has 0 aliphatic heterocycles. The number of rotatable bonds is 8. The van der Waals surface area contributed by atoms with Gasteiger partial charge in [-0.3, -0.25) is 4.79 Å². The van der Waals surface area contributed by atoms with Crippen LogP contribution < -0.4 is 14.8 Å². The van der Waals surface area contributed by atoms with Gasteiger partial charge in [-0.2, -0.15) is 0 Å². The molecule has 0 saturated heterocycles. The first-order chi connectivity index (χ1) is 13.3. The first-order valence-electron chi connectivity index (χ1n) is 8.37. The molecule has 28 heavy (non-hydrogen) atoms. The minimum absolute atomic E-state index is 0.261. The number of halogens is 2. The van der Waals surface area contributed by atoms with Gasteiger partial charge >= 0.3 is 5.97 Å². The number of ether oxygens (including phenoxy) is 2. The fourth-order valence-electron chi connectivity index (χ4n) is 2.35. The Hall–Kier alpha value is -2.51. The van der Waals surface area contributed by atoms with E-state index in [2.05, 4.69) is 21.2 Å². The van der Waals surface area contributed by atoms with Crippen LogP contribution in [0.15, 0.2) is 46.6 Å². The van der Waals surface area contributed by atoms with Crippen LogP contribution in [0.4, 0.5) is 0 Å². The normalized spacial score (nSPS) is 11.1. The molecular formula is C20H19BrClNO5.